The van der Waals surface area contributed by atoms with E-state index in [1.807, 2.05) is 0 Å². The molecule has 7 heteroatoms. The van der Waals surface area contributed by atoms with Gasteiger partial charge in [-0.3, -0.25) is 4.79 Å². The quantitative estimate of drug-likeness (QED) is 0.840. The van der Waals surface area contributed by atoms with Crippen molar-refractivity contribution in [3.63, 3.8) is 0 Å². The summed E-state index contributed by atoms with van der Waals surface area (Å²) in [4.78, 5) is 12.2. The van der Waals surface area contributed by atoms with Crippen molar-refractivity contribution in [2.45, 2.75) is 6.42 Å². The van der Waals surface area contributed by atoms with E-state index in [2.05, 4.69) is 5.32 Å². The molecule has 1 atom stereocenters. The predicted octanol–water partition coefficient (Wildman–Crippen LogP) is 3.95. The average molecular weight is 342 g/mol. The molecule has 1 unspecified atom stereocenters. The highest BCUT2D eigenvalue weighted by molar-refractivity contribution is 6.30. The highest BCUT2D eigenvalue weighted by Crippen LogP contribution is 2.30. The van der Waals surface area contributed by atoms with Crippen LogP contribution < -0.4 is 10.1 Å². The van der Waals surface area contributed by atoms with Crippen LogP contribution in [0.4, 0.5) is 18.9 Å². The molecular weight excluding hydrogens is 331 g/mol. The number of hydrogen-bond donors (Lipinski definition) is 1. The number of benzene rings is 2. The van der Waals surface area contributed by atoms with Crippen LogP contribution in [0.25, 0.3) is 0 Å². The lowest BCUT2D eigenvalue weighted by molar-refractivity contribution is -0.121. The van der Waals surface area contributed by atoms with Crippen LogP contribution in [0.15, 0.2) is 30.3 Å². The lowest BCUT2D eigenvalue weighted by Crippen LogP contribution is -2.33. The summed E-state index contributed by atoms with van der Waals surface area (Å²) in [5, 5.41) is 2.77. The van der Waals surface area contributed by atoms with Crippen molar-refractivity contribution in [2.75, 3.05) is 11.9 Å². The van der Waals surface area contributed by atoms with Gasteiger partial charge in [-0.25, -0.2) is 13.2 Å². The van der Waals surface area contributed by atoms with E-state index in [0.717, 1.165) is 17.7 Å². The van der Waals surface area contributed by atoms with E-state index >= 15 is 0 Å². The van der Waals surface area contributed by atoms with Crippen molar-refractivity contribution in [2.24, 2.45) is 5.92 Å². The van der Waals surface area contributed by atoms with Gasteiger partial charge in [0.05, 0.1) is 11.6 Å². The van der Waals surface area contributed by atoms with Crippen molar-refractivity contribution in [3.05, 3.63) is 58.4 Å². The van der Waals surface area contributed by atoms with Gasteiger partial charge in [-0.15, -0.1) is 0 Å². The van der Waals surface area contributed by atoms with E-state index < -0.39 is 35.0 Å². The maximum atomic E-state index is 13.6. The number of nitrogens with one attached hydrogen (secondary N) is 1. The molecular formula is C16H11ClF3NO2. The Hall–Kier alpha value is -2.21. The summed E-state index contributed by atoms with van der Waals surface area (Å²) in [5.74, 6) is -4.87. The normalized spacial score (nSPS) is 16.4. The van der Waals surface area contributed by atoms with Crippen LogP contribution >= 0.6 is 11.6 Å². The summed E-state index contributed by atoms with van der Waals surface area (Å²) in [6, 6.07) is 6.80. The first-order valence-electron chi connectivity index (χ1n) is 6.81. The molecule has 0 radical (unpaired) electrons. The number of halogens is 4. The molecule has 0 saturated carbocycles. The van der Waals surface area contributed by atoms with Gasteiger partial charge in [0.2, 0.25) is 5.91 Å². The fourth-order valence-corrected chi connectivity index (χ4v) is 2.58. The lowest BCUT2D eigenvalue weighted by atomic mass is 9.96. The highest BCUT2D eigenvalue weighted by Gasteiger charge is 2.27. The van der Waals surface area contributed by atoms with Crippen LogP contribution in [0.1, 0.15) is 5.56 Å². The summed E-state index contributed by atoms with van der Waals surface area (Å²) < 4.78 is 45.2. The number of anilines is 1. The van der Waals surface area contributed by atoms with Crippen LogP contribution in [0.5, 0.6) is 5.75 Å². The first-order valence-corrected chi connectivity index (χ1v) is 7.19. The second kappa shape index (κ2) is 6.12. The minimum atomic E-state index is -1.63. The molecule has 3 rings (SSSR count). The monoisotopic (exact) mass is 341 g/mol. The van der Waals surface area contributed by atoms with Gasteiger partial charge in [0, 0.05) is 5.02 Å². The number of fused-ring (bicyclic) bond motifs is 1. The number of carbonyl (C=O) groups excluding carboxylic acids is 1. The second-order valence-electron chi connectivity index (χ2n) is 5.18. The Kier molecular flexibility index (Phi) is 4.17. The standard InChI is InChI=1S/C16H11ClF3NO2/c17-10-1-4-13-8(6-10)5-9(7-23-13)16(22)21-12-3-2-11(18)14(19)15(12)20/h1-4,6,9H,5,7H2,(H,21,22). The number of carbonyl (C=O) groups is 1. The van der Waals surface area contributed by atoms with Crippen LogP contribution in [0, 0.1) is 23.4 Å². The molecule has 2 aromatic carbocycles. The Bertz CT molecular complexity index is 782. The summed E-state index contributed by atoms with van der Waals surface area (Å²) in [6.45, 7) is 0.103. The van der Waals surface area contributed by atoms with Gasteiger partial charge in [0.25, 0.3) is 0 Å². The molecule has 1 amide bonds. The Balaban J connectivity index is 1.76. The summed E-state index contributed by atoms with van der Waals surface area (Å²) in [6.07, 6.45) is 0.354. The molecule has 0 fully saturated rings. The van der Waals surface area contributed by atoms with Crippen molar-refractivity contribution >= 4 is 23.2 Å². The lowest BCUT2D eigenvalue weighted by Gasteiger charge is -2.24. The fraction of sp³-hybridized carbons (Fsp3) is 0.188. The molecule has 120 valence electrons. The molecule has 2 aromatic rings. The summed E-state index contributed by atoms with van der Waals surface area (Å²) >= 11 is 5.90. The van der Waals surface area contributed by atoms with Crippen molar-refractivity contribution in [1.82, 2.24) is 0 Å². The molecule has 23 heavy (non-hydrogen) atoms. The first-order chi connectivity index (χ1) is 11.0. The molecule has 0 spiro atoms. The van der Waals surface area contributed by atoms with Crippen LogP contribution in [-0.2, 0) is 11.2 Å². The molecule has 1 aliphatic rings. The maximum Gasteiger partial charge on any atom is 0.231 e. The first kappa shape index (κ1) is 15.7. The third kappa shape index (κ3) is 3.12. The van der Waals surface area contributed by atoms with E-state index in [0.29, 0.717) is 17.2 Å². The van der Waals surface area contributed by atoms with E-state index in [1.165, 1.54) is 0 Å². The second-order valence-corrected chi connectivity index (χ2v) is 5.61. The van der Waals surface area contributed by atoms with Crippen molar-refractivity contribution < 1.29 is 22.7 Å². The SMILES string of the molecule is O=C(Nc1ccc(F)c(F)c1F)C1COc2ccc(Cl)cc2C1. The minimum Gasteiger partial charge on any atom is -0.492 e. The molecule has 0 bridgehead atoms. The van der Waals surface area contributed by atoms with Crippen LogP contribution in [-0.4, -0.2) is 12.5 Å². The predicted molar refractivity (Wildman–Crippen MR) is 79.1 cm³/mol. The van der Waals surface area contributed by atoms with E-state index in [1.54, 1.807) is 18.2 Å². The van der Waals surface area contributed by atoms with Gasteiger partial charge in [-0.2, -0.15) is 0 Å². The molecule has 3 nitrogen and oxygen atoms in total. The molecule has 0 saturated heterocycles. The summed E-state index contributed by atoms with van der Waals surface area (Å²) in [7, 11) is 0. The zero-order chi connectivity index (χ0) is 16.6. The van der Waals surface area contributed by atoms with Gasteiger partial charge in [-0.1, -0.05) is 11.6 Å². The smallest absolute Gasteiger partial charge is 0.231 e. The number of hydrogen-bond acceptors (Lipinski definition) is 2. The van der Waals surface area contributed by atoms with E-state index in [9.17, 15) is 18.0 Å². The zero-order valence-electron chi connectivity index (χ0n) is 11.7. The van der Waals surface area contributed by atoms with Gasteiger partial charge in [-0.05, 0) is 42.3 Å². The molecule has 1 aliphatic heterocycles. The van der Waals surface area contributed by atoms with E-state index in [4.69, 9.17) is 16.3 Å². The third-order valence-electron chi connectivity index (χ3n) is 3.59. The van der Waals surface area contributed by atoms with Crippen molar-refractivity contribution in [3.8, 4) is 5.75 Å². The maximum absolute atomic E-state index is 13.6. The Morgan fingerprint density at radius 1 is 1.17 bits per heavy atom. The minimum absolute atomic E-state index is 0.103. The molecule has 0 aromatic heterocycles. The van der Waals surface area contributed by atoms with E-state index in [-0.39, 0.29) is 6.61 Å². The number of ether oxygens (including phenoxy) is 1. The number of amides is 1. The van der Waals surface area contributed by atoms with Crippen LogP contribution in [0.2, 0.25) is 5.02 Å². The van der Waals surface area contributed by atoms with Gasteiger partial charge < -0.3 is 10.1 Å². The Morgan fingerprint density at radius 3 is 2.74 bits per heavy atom. The highest BCUT2D eigenvalue weighted by atomic mass is 35.5. The van der Waals surface area contributed by atoms with Gasteiger partial charge >= 0.3 is 0 Å². The van der Waals surface area contributed by atoms with Crippen molar-refractivity contribution in [1.29, 1.82) is 0 Å². The summed E-state index contributed by atoms with van der Waals surface area (Å²) in [5.41, 5.74) is 0.348. The van der Waals surface area contributed by atoms with Gasteiger partial charge in [0.15, 0.2) is 17.5 Å². The number of rotatable bonds is 2. The van der Waals surface area contributed by atoms with Gasteiger partial charge in [0.1, 0.15) is 12.4 Å². The third-order valence-corrected chi connectivity index (χ3v) is 3.83. The zero-order valence-corrected chi connectivity index (χ0v) is 12.5. The molecule has 1 N–H and O–H groups in total. The topological polar surface area (TPSA) is 38.3 Å². The molecule has 0 aliphatic carbocycles. The average Bonchev–Trinajstić information content (AvgIpc) is 2.54. The fourth-order valence-electron chi connectivity index (χ4n) is 2.39. The largest absolute Gasteiger partial charge is 0.492 e. The Labute approximate surface area is 135 Å². The molecule has 1 heterocycles. The van der Waals surface area contributed by atoms with Crippen LogP contribution in [0.3, 0.4) is 0 Å². The Morgan fingerprint density at radius 2 is 1.96 bits per heavy atom.